The molecule has 0 heterocycles. The van der Waals surface area contributed by atoms with Crippen LogP contribution in [0.25, 0.3) is 0 Å². The molecule has 3 nitrogen and oxygen atoms in total. The summed E-state index contributed by atoms with van der Waals surface area (Å²) in [5.41, 5.74) is 7.93. The molecule has 2 aromatic rings. The minimum absolute atomic E-state index is 0.559. The van der Waals surface area contributed by atoms with E-state index in [0.29, 0.717) is 26.4 Å². The van der Waals surface area contributed by atoms with Crippen LogP contribution >= 0.6 is 0 Å². The average molecular weight is 271 g/mol. The summed E-state index contributed by atoms with van der Waals surface area (Å²) in [6.45, 7) is 2.44. The second-order valence-electron chi connectivity index (χ2n) is 4.57. The van der Waals surface area contributed by atoms with Gasteiger partial charge >= 0.3 is 0 Å². The highest BCUT2D eigenvalue weighted by atomic mass is 16.5. The van der Waals surface area contributed by atoms with Gasteiger partial charge in [0.2, 0.25) is 0 Å². The molecule has 2 N–H and O–H groups in total. The molecule has 0 aliphatic heterocycles. The summed E-state index contributed by atoms with van der Waals surface area (Å²) >= 11 is 0. The zero-order valence-electron chi connectivity index (χ0n) is 11.6. The first-order valence-electron chi connectivity index (χ1n) is 6.92. The molecule has 106 valence electrons. The topological polar surface area (TPSA) is 44.5 Å². The fourth-order valence-electron chi connectivity index (χ4n) is 1.90. The lowest BCUT2D eigenvalue weighted by Gasteiger charge is -2.08. The van der Waals surface area contributed by atoms with Crippen LogP contribution in [0, 0.1) is 0 Å². The van der Waals surface area contributed by atoms with Crippen LogP contribution in [0.4, 0.5) is 0 Å². The Morgan fingerprint density at radius 2 is 1.55 bits per heavy atom. The van der Waals surface area contributed by atoms with Gasteiger partial charge < -0.3 is 15.2 Å². The molecule has 2 rings (SSSR count). The van der Waals surface area contributed by atoms with E-state index in [1.54, 1.807) is 0 Å². The summed E-state index contributed by atoms with van der Waals surface area (Å²) in [5.74, 6) is 0.870. The smallest absolute Gasteiger partial charge is 0.119 e. The molecule has 0 aliphatic rings. The second-order valence-corrected chi connectivity index (χ2v) is 4.57. The minimum Gasteiger partial charge on any atom is -0.491 e. The van der Waals surface area contributed by atoms with E-state index in [1.165, 1.54) is 11.1 Å². The van der Waals surface area contributed by atoms with Crippen LogP contribution in [0.15, 0.2) is 54.6 Å². The Hall–Kier alpha value is -1.84. The number of ether oxygens (including phenoxy) is 2. The van der Waals surface area contributed by atoms with Crippen LogP contribution in [-0.2, 0) is 17.8 Å². The highest BCUT2D eigenvalue weighted by molar-refractivity contribution is 5.27. The van der Waals surface area contributed by atoms with Crippen molar-refractivity contribution in [2.75, 3.05) is 19.8 Å². The average Bonchev–Trinajstić information content (AvgIpc) is 2.50. The molecule has 0 bridgehead atoms. The van der Waals surface area contributed by atoms with Gasteiger partial charge in [-0.25, -0.2) is 0 Å². The summed E-state index contributed by atoms with van der Waals surface area (Å²) in [6.07, 6.45) is 0.903. The van der Waals surface area contributed by atoms with Gasteiger partial charge in [0, 0.05) is 0 Å². The van der Waals surface area contributed by atoms with Gasteiger partial charge in [0.15, 0.2) is 0 Å². The van der Waals surface area contributed by atoms with Crippen molar-refractivity contribution < 1.29 is 9.47 Å². The van der Waals surface area contributed by atoms with Crippen LogP contribution in [-0.4, -0.2) is 19.8 Å². The molecule has 0 aromatic heterocycles. The van der Waals surface area contributed by atoms with Gasteiger partial charge in [-0.3, -0.25) is 0 Å². The molecular weight excluding hydrogens is 250 g/mol. The Morgan fingerprint density at radius 1 is 0.800 bits per heavy atom. The van der Waals surface area contributed by atoms with E-state index in [9.17, 15) is 0 Å². The molecule has 0 amide bonds. The lowest BCUT2D eigenvalue weighted by atomic mass is 10.1. The summed E-state index contributed by atoms with van der Waals surface area (Å²) in [4.78, 5) is 0. The first-order valence-corrected chi connectivity index (χ1v) is 6.92. The third kappa shape index (κ3) is 5.03. The molecule has 0 fully saturated rings. The third-order valence-electron chi connectivity index (χ3n) is 2.96. The number of rotatable bonds is 8. The number of hydrogen-bond donors (Lipinski definition) is 1. The largest absolute Gasteiger partial charge is 0.491 e. The minimum atomic E-state index is 0.559. The van der Waals surface area contributed by atoms with Crippen molar-refractivity contribution in [3.05, 3.63) is 65.7 Å². The first-order chi connectivity index (χ1) is 9.88. The Labute approximate surface area is 120 Å². The number of hydrogen-bond acceptors (Lipinski definition) is 3. The summed E-state index contributed by atoms with van der Waals surface area (Å²) in [6, 6.07) is 18.2. The molecule has 0 atom stereocenters. The van der Waals surface area contributed by atoms with Gasteiger partial charge in [0.1, 0.15) is 12.4 Å². The van der Waals surface area contributed by atoms with E-state index in [2.05, 4.69) is 12.1 Å². The highest BCUT2D eigenvalue weighted by Gasteiger charge is 1.96. The van der Waals surface area contributed by atoms with E-state index in [1.807, 2.05) is 42.5 Å². The summed E-state index contributed by atoms with van der Waals surface area (Å²) in [7, 11) is 0. The molecule has 0 radical (unpaired) electrons. The van der Waals surface area contributed by atoms with E-state index in [-0.39, 0.29) is 0 Å². The Morgan fingerprint density at radius 3 is 2.25 bits per heavy atom. The van der Waals surface area contributed by atoms with Gasteiger partial charge in [0.25, 0.3) is 0 Å². The van der Waals surface area contributed by atoms with Crippen molar-refractivity contribution >= 4 is 0 Å². The number of nitrogens with two attached hydrogens (primary N) is 1. The van der Waals surface area contributed by atoms with Gasteiger partial charge in [-0.2, -0.15) is 0 Å². The number of benzene rings is 2. The molecule has 3 heteroatoms. The SMILES string of the molecule is NCCc1ccc(OCCOCc2ccccc2)cc1. The lowest BCUT2D eigenvalue weighted by Crippen LogP contribution is -2.07. The van der Waals surface area contributed by atoms with Crippen molar-refractivity contribution in [2.24, 2.45) is 5.73 Å². The predicted octanol–water partition coefficient (Wildman–Crippen LogP) is 2.78. The Kier molecular flexibility index (Phi) is 6.08. The molecular formula is C17H21NO2. The van der Waals surface area contributed by atoms with Gasteiger partial charge in [-0.1, -0.05) is 42.5 Å². The fraction of sp³-hybridized carbons (Fsp3) is 0.294. The summed E-state index contributed by atoms with van der Waals surface area (Å²) in [5, 5.41) is 0. The van der Waals surface area contributed by atoms with Crippen LogP contribution in [0.5, 0.6) is 5.75 Å². The van der Waals surface area contributed by atoms with E-state index in [4.69, 9.17) is 15.2 Å². The highest BCUT2D eigenvalue weighted by Crippen LogP contribution is 2.12. The predicted molar refractivity (Wildman–Crippen MR) is 80.8 cm³/mol. The zero-order valence-corrected chi connectivity index (χ0v) is 11.6. The molecule has 0 aliphatic carbocycles. The van der Waals surface area contributed by atoms with Crippen LogP contribution in [0.2, 0.25) is 0 Å². The quantitative estimate of drug-likeness (QED) is 0.751. The Balaban J connectivity index is 1.63. The maximum Gasteiger partial charge on any atom is 0.119 e. The molecule has 0 unspecified atom stereocenters. The zero-order chi connectivity index (χ0) is 14.0. The standard InChI is InChI=1S/C17H21NO2/c18-11-10-15-6-8-17(9-7-15)20-13-12-19-14-16-4-2-1-3-5-16/h1-9H,10-14,18H2. The molecule has 2 aromatic carbocycles. The summed E-state index contributed by atoms with van der Waals surface area (Å²) < 4.78 is 11.2. The molecule has 20 heavy (non-hydrogen) atoms. The maximum absolute atomic E-state index is 5.62. The van der Waals surface area contributed by atoms with Crippen LogP contribution in [0.3, 0.4) is 0 Å². The third-order valence-corrected chi connectivity index (χ3v) is 2.96. The normalized spacial score (nSPS) is 10.4. The van der Waals surface area contributed by atoms with Crippen molar-refractivity contribution in [3.8, 4) is 5.75 Å². The molecule has 0 saturated carbocycles. The van der Waals surface area contributed by atoms with E-state index in [0.717, 1.165) is 12.2 Å². The van der Waals surface area contributed by atoms with Gasteiger partial charge in [0.05, 0.1) is 13.2 Å². The van der Waals surface area contributed by atoms with Crippen molar-refractivity contribution in [3.63, 3.8) is 0 Å². The maximum atomic E-state index is 5.62. The van der Waals surface area contributed by atoms with E-state index < -0.39 is 0 Å². The fourth-order valence-corrected chi connectivity index (χ4v) is 1.90. The second kappa shape index (κ2) is 8.35. The molecule has 0 spiro atoms. The monoisotopic (exact) mass is 271 g/mol. The molecule has 0 saturated heterocycles. The van der Waals surface area contributed by atoms with Crippen LogP contribution in [0.1, 0.15) is 11.1 Å². The van der Waals surface area contributed by atoms with Gasteiger partial charge in [-0.15, -0.1) is 0 Å². The van der Waals surface area contributed by atoms with Crippen molar-refractivity contribution in [2.45, 2.75) is 13.0 Å². The van der Waals surface area contributed by atoms with Crippen molar-refractivity contribution in [1.82, 2.24) is 0 Å². The van der Waals surface area contributed by atoms with Crippen LogP contribution < -0.4 is 10.5 Å². The van der Waals surface area contributed by atoms with Gasteiger partial charge in [-0.05, 0) is 36.2 Å². The lowest BCUT2D eigenvalue weighted by molar-refractivity contribution is 0.0889. The van der Waals surface area contributed by atoms with E-state index >= 15 is 0 Å². The Bertz CT molecular complexity index is 482. The van der Waals surface area contributed by atoms with Crippen molar-refractivity contribution in [1.29, 1.82) is 0 Å². The first kappa shape index (κ1) is 14.6.